The standard InChI is InChI=1S/C25H19Cl3N4O2S2/c26-15-8-10-16(11-9-15)32-24(34)21-17-5-1-2-7-19(17)36-23(21)30-25(32)35-13-20(33)31-29-12-14-4-3-6-18(27)22(14)28/h3-4,6,8-12H,1-2,5,7,13H2,(H,31,33). The summed E-state index contributed by atoms with van der Waals surface area (Å²) in [5, 5.41) is 6.42. The fraction of sp³-hybridized carbons (Fsp3) is 0.200. The second kappa shape index (κ2) is 10.9. The lowest BCUT2D eigenvalue weighted by molar-refractivity contribution is -0.118. The first kappa shape index (κ1) is 25.3. The second-order valence-corrected chi connectivity index (χ2v) is 11.4. The van der Waals surface area contributed by atoms with Crippen molar-refractivity contribution in [2.75, 3.05) is 5.75 Å². The Hall–Kier alpha value is -2.36. The third-order valence-corrected chi connectivity index (χ3v) is 8.96. The van der Waals surface area contributed by atoms with Gasteiger partial charge in [-0.1, -0.05) is 58.7 Å². The van der Waals surface area contributed by atoms with E-state index in [4.69, 9.17) is 39.8 Å². The molecular formula is C25H19Cl3N4O2S2. The van der Waals surface area contributed by atoms with Crippen LogP contribution in [-0.2, 0) is 17.6 Å². The number of carbonyl (C=O) groups is 1. The van der Waals surface area contributed by atoms with Crippen LogP contribution in [0, 0.1) is 0 Å². The molecule has 1 amide bonds. The Kier molecular flexibility index (Phi) is 7.69. The maximum absolute atomic E-state index is 13.7. The van der Waals surface area contributed by atoms with Gasteiger partial charge in [-0.2, -0.15) is 5.10 Å². The van der Waals surface area contributed by atoms with E-state index in [0.29, 0.717) is 41.7 Å². The van der Waals surface area contributed by atoms with E-state index in [1.807, 2.05) is 0 Å². The van der Waals surface area contributed by atoms with Gasteiger partial charge in [0.15, 0.2) is 5.16 Å². The van der Waals surface area contributed by atoms with Gasteiger partial charge in [0.2, 0.25) is 0 Å². The molecule has 0 fully saturated rings. The number of hydrogen-bond acceptors (Lipinski definition) is 6. The van der Waals surface area contributed by atoms with Crippen LogP contribution in [0.25, 0.3) is 15.9 Å². The summed E-state index contributed by atoms with van der Waals surface area (Å²) in [6, 6.07) is 12.2. The topological polar surface area (TPSA) is 76.3 Å². The zero-order chi connectivity index (χ0) is 25.2. The van der Waals surface area contributed by atoms with Crippen LogP contribution in [0.4, 0.5) is 0 Å². The molecule has 0 atom stereocenters. The number of carbonyl (C=O) groups excluding carboxylic acids is 1. The minimum atomic E-state index is -0.350. The van der Waals surface area contributed by atoms with E-state index in [2.05, 4.69) is 10.5 Å². The van der Waals surface area contributed by atoms with Gasteiger partial charge in [-0.15, -0.1) is 11.3 Å². The van der Waals surface area contributed by atoms with Crippen molar-refractivity contribution in [3.05, 3.63) is 83.9 Å². The molecule has 11 heteroatoms. The smallest absolute Gasteiger partial charge is 0.267 e. The summed E-state index contributed by atoms with van der Waals surface area (Å²) in [5.41, 5.74) is 4.70. The Balaban J connectivity index is 1.43. The quantitative estimate of drug-likeness (QED) is 0.122. The highest BCUT2D eigenvalue weighted by Gasteiger charge is 2.23. The first-order chi connectivity index (χ1) is 17.4. The van der Waals surface area contributed by atoms with Crippen LogP contribution >= 0.6 is 57.9 Å². The lowest BCUT2D eigenvalue weighted by Crippen LogP contribution is -2.24. The van der Waals surface area contributed by atoms with Crippen molar-refractivity contribution in [2.45, 2.75) is 30.8 Å². The highest BCUT2D eigenvalue weighted by molar-refractivity contribution is 7.99. The predicted molar refractivity (Wildman–Crippen MR) is 150 cm³/mol. The molecule has 4 aromatic rings. The average Bonchev–Trinajstić information content (AvgIpc) is 3.25. The highest BCUT2D eigenvalue weighted by Crippen LogP contribution is 2.35. The molecule has 2 aromatic carbocycles. The molecule has 1 N–H and O–H groups in total. The van der Waals surface area contributed by atoms with Gasteiger partial charge in [0.05, 0.1) is 33.1 Å². The first-order valence-corrected chi connectivity index (χ1v) is 14.1. The van der Waals surface area contributed by atoms with E-state index in [1.54, 1.807) is 58.4 Å². The van der Waals surface area contributed by atoms with Crippen LogP contribution in [0.2, 0.25) is 15.1 Å². The number of benzene rings is 2. The zero-order valence-electron chi connectivity index (χ0n) is 18.8. The molecule has 0 saturated carbocycles. The number of hydrazone groups is 1. The van der Waals surface area contributed by atoms with Crippen molar-refractivity contribution >= 4 is 80.2 Å². The van der Waals surface area contributed by atoms with E-state index < -0.39 is 0 Å². The van der Waals surface area contributed by atoms with Crippen LogP contribution in [0.15, 0.2) is 57.5 Å². The van der Waals surface area contributed by atoms with Gasteiger partial charge in [-0.05, 0) is 61.6 Å². The number of fused-ring (bicyclic) bond motifs is 3. The summed E-state index contributed by atoms with van der Waals surface area (Å²) in [7, 11) is 0. The summed E-state index contributed by atoms with van der Waals surface area (Å²) in [6.45, 7) is 0. The maximum Gasteiger partial charge on any atom is 0.267 e. The van der Waals surface area contributed by atoms with E-state index in [0.717, 1.165) is 31.2 Å². The largest absolute Gasteiger partial charge is 0.272 e. The van der Waals surface area contributed by atoms with Crippen LogP contribution in [-0.4, -0.2) is 27.4 Å². The molecule has 1 aliphatic carbocycles. The Morgan fingerprint density at radius 2 is 1.92 bits per heavy atom. The van der Waals surface area contributed by atoms with Crippen LogP contribution in [0.3, 0.4) is 0 Å². The normalized spacial score (nSPS) is 13.3. The minimum Gasteiger partial charge on any atom is -0.272 e. The number of thioether (sulfide) groups is 1. The number of aryl methyl sites for hydroxylation is 2. The monoisotopic (exact) mass is 576 g/mol. The molecule has 5 rings (SSSR count). The third-order valence-electron chi connectivity index (χ3n) is 5.75. The van der Waals surface area contributed by atoms with Gasteiger partial charge in [-0.25, -0.2) is 10.4 Å². The lowest BCUT2D eigenvalue weighted by atomic mass is 9.97. The van der Waals surface area contributed by atoms with Crippen molar-refractivity contribution in [1.29, 1.82) is 0 Å². The van der Waals surface area contributed by atoms with Gasteiger partial charge in [0, 0.05) is 15.5 Å². The van der Waals surface area contributed by atoms with Gasteiger partial charge in [-0.3, -0.25) is 14.2 Å². The number of nitrogens with one attached hydrogen (secondary N) is 1. The average molecular weight is 578 g/mol. The molecule has 184 valence electrons. The third kappa shape index (κ3) is 5.19. The molecule has 6 nitrogen and oxygen atoms in total. The van der Waals surface area contributed by atoms with Crippen molar-refractivity contribution in [2.24, 2.45) is 5.10 Å². The molecule has 2 heterocycles. The fourth-order valence-corrected chi connectivity index (χ4v) is 6.65. The van der Waals surface area contributed by atoms with Crippen molar-refractivity contribution in [3.63, 3.8) is 0 Å². The highest BCUT2D eigenvalue weighted by atomic mass is 35.5. The van der Waals surface area contributed by atoms with Crippen molar-refractivity contribution in [1.82, 2.24) is 15.0 Å². The molecule has 0 spiro atoms. The molecule has 36 heavy (non-hydrogen) atoms. The number of rotatable bonds is 6. The van der Waals surface area contributed by atoms with Crippen molar-refractivity contribution < 1.29 is 4.79 Å². The molecular weight excluding hydrogens is 559 g/mol. The number of aromatic nitrogens is 2. The second-order valence-electron chi connectivity index (χ2n) is 8.13. The summed E-state index contributed by atoms with van der Waals surface area (Å²) in [6.07, 6.45) is 5.47. The SMILES string of the molecule is O=C(CSc1nc2sc3c(c2c(=O)n1-c1ccc(Cl)cc1)CCCC3)NN=Cc1cccc(Cl)c1Cl. The molecule has 0 saturated heterocycles. The summed E-state index contributed by atoms with van der Waals surface area (Å²) < 4.78 is 1.56. The Morgan fingerprint density at radius 1 is 1.14 bits per heavy atom. The molecule has 0 radical (unpaired) electrons. The number of nitrogens with zero attached hydrogens (tertiary/aromatic N) is 3. The van der Waals surface area contributed by atoms with Crippen molar-refractivity contribution in [3.8, 4) is 5.69 Å². The molecule has 2 aromatic heterocycles. The molecule has 0 unspecified atom stereocenters. The van der Waals surface area contributed by atoms with Crippen LogP contribution < -0.4 is 11.0 Å². The molecule has 0 aliphatic heterocycles. The Bertz CT molecular complexity index is 1550. The Labute approximate surface area is 230 Å². The van der Waals surface area contributed by atoms with E-state index in [-0.39, 0.29) is 17.2 Å². The van der Waals surface area contributed by atoms with E-state index >= 15 is 0 Å². The number of halogens is 3. The lowest BCUT2D eigenvalue weighted by Gasteiger charge is -2.13. The van der Waals surface area contributed by atoms with Gasteiger partial charge in [0.25, 0.3) is 11.5 Å². The summed E-state index contributed by atoms with van der Waals surface area (Å²) >= 11 is 21.0. The zero-order valence-corrected chi connectivity index (χ0v) is 22.7. The Morgan fingerprint density at radius 3 is 2.72 bits per heavy atom. The first-order valence-electron chi connectivity index (χ1n) is 11.1. The van der Waals surface area contributed by atoms with E-state index in [9.17, 15) is 9.59 Å². The van der Waals surface area contributed by atoms with E-state index in [1.165, 1.54) is 22.9 Å². The minimum absolute atomic E-state index is 0.0112. The number of amides is 1. The van der Waals surface area contributed by atoms with Gasteiger partial charge in [0.1, 0.15) is 4.83 Å². The van der Waals surface area contributed by atoms with Crippen LogP contribution in [0.5, 0.6) is 0 Å². The van der Waals surface area contributed by atoms with Crippen LogP contribution in [0.1, 0.15) is 28.8 Å². The summed E-state index contributed by atoms with van der Waals surface area (Å²) in [5.74, 6) is -0.339. The number of thiophene rings is 1. The van der Waals surface area contributed by atoms with Gasteiger partial charge >= 0.3 is 0 Å². The maximum atomic E-state index is 13.7. The predicted octanol–water partition coefficient (Wildman–Crippen LogP) is 6.53. The summed E-state index contributed by atoms with van der Waals surface area (Å²) in [4.78, 5) is 33.0. The fourth-order valence-electron chi connectivity index (χ4n) is 4.06. The number of hydrogen-bond donors (Lipinski definition) is 1. The molecule has 0 bridgehead atoms. The van der Waals surface area contributed by atoms with Gasteiger partial charge < -0.3 is 0 Å². The molecule has 1 aliphatic rings.